The highest BCUT2D eigenvalue weighted by Gasteiger charge is 2.26. The predicted molar refractivity (Wildman–Crippen MR) is 312 cm³/mol. The van der Waals surface area contributed by atoms with Crippen LogP contribution in [0.15, 0.2) is 0 Å². The molecule has 72 heavy (non-hydrogen) atoms. The number of rotatable bonds is 62. The van der Waals surface area contributed by atoms with Gasteiger partial charge in [0.15, 0.2) is 0 Å². The Morgan fingerprint density at radius 2 is 0.625 bits per heavy atom. The van der Waals surface area contributed by atoms with Gasteiger partial charge in [-0.2, -0.15) is 0 Å². The fourth-order valence-electron chi connectivity index (χ4n) is 10.6. The van der Waals surface area contributed by atoms with Gasteiger partial charge >= 0.3 is 7.60 Å². The first kappa shape index (κ1) is 71.5. The van der Waals surface area contributed by atoms with Crippen molar-refractivity contribution in [3.8, 4) is 0 Å². The zero-order chi connectivity index (χ0) is 52.5. The maximum Gasteiger partial charge on any atom is 0.327 e. The third-order valence-electron chi connectivity index (χ3n) is 15.5. The number of aliphatic hydroxyl groups excluding tert-OH is 2. The van der Waals surface area contributed by atoms with Crippen LogP contribution in [0, 0.1) is 0 Å². The molecule has 0 aliphatic carbocycles. The third-order valence-corrected chi connectivity index (χ3v) is 16.3. The van der Waals surface area contributed by atoms with Crippen LogP contribution in [0.4, 0.5) is 0 Å². The number of carbonyl (C=O) groups is 1. The number of nitrogens with zero attached hydrogens (tertiary/aromatic N) is 1. The predicted octanol–water partition coefficient (Wildman–Crippen LogP) is 19.4. The van der Waals surface area contributed by atoms with Gasteiger partial charge in [0.05, 0.1) is 18.9 Å². The van der Waals surface area contributed by atoms with E-state index < -0.39 is 31.9 Å². The molecule has 4 N–H and O–H groups in total. The number of ether oxygens (including phenoxy) is 1. The summed E-state index contributed by atoms with van der Waals surface area (Å²) in [6.45, 7) is 4.84. The average Bonchev–Trinajstić information content (AvgIpc) is 3.36. The molecular formula is C63H128NO7P. The minimum Gasteiger partial charge on any atom is -0.389 e. The highest BCUT2D eigenvalue weighted by atomic mass is 31.2. The summed E-state index contributed by atoms with van der Waals surface area (Å²) in [4.78, 5) is 33.3. The fraction of sp³-hybridized carbons (Fsp3) is 0.984. The van der Waals surface area contributed by atoms with E-state index in [1.54, 1.807) is 0 Å². The standard InChI is InChI=1S/C63H128NO7P/c1-3-5-7-9-11-13-15-17-19-21-23-25-26-27-28-29-30-31-32-33-34-36-38-40-42-44-46-48-50-52-54-57-71-60-61(65)59-64(56-58-72(68,69)70)63(67)62(66)55-53-51-49-47-45-43-41-39-37-35-24-22-20-18-16-14-12-10-8-6-4-2/h61-62,65-66H,3-60H2,1-2H3,(H2,68,69,70). The van der Waals surface area contributed by atoms with Gasteiger partial charge in [0, 0.05) is 19.7 Å². The molecule has 0 aromatic carbocycles. The Kier molecular flexibility index (Phi) is 57.8. The molecule has 0 radical (unpaired) electrons. The number of hydrogen-bond donors (Lipinski definition) is 4. The second-order valence-electron chi connectivity index (χ2n) is 22.9. The first-order chi connectivity index (χ1) is 35.2. The summed E-state index contributed by atoms with van der Waals surface area (Å²) in [6, 6.07) is 0. The molecule has 9 heteroatoms. The number of unbranched alkanes of at least 4 members (excludes halogenated alkanes) is 50. The summed E-state index contributed by atoms with van der Waals surface area (Å²) in [5.41, 5.74) is 0. The monoisotopic (exact) mass is 1040 g/mol. The quantitative estimate of drug-likeness (QED) is 0.0353. The maximum atomic E-state index is 13.1. The molecule has 0 bridgehead atoms. The minimum atomic E-state index is -4.35. The van der Waals surface area contributed by atoms with Crippen molar-refractivity contribution in [3.63, 3.8) is 0 Å². The van der Waals surface area contributed by atoms with Crippen LogP contribution in [0.1, 0.15) is 354 Å². The Balaban J connectivity index is 3.70. The van der Waals surface area contributed by atoms with Crippen molar-refractivity contribution in [1.29, 1.82) is 0 Å². The molecule has 0 heterocycles. The lowest BCUT2D eigenvalue weighted by Crippen LogP contribution is -2.45. The Bertz CT molecular complexity index is 1110. The lowest BCUT2D eigenvalue weighted by molar-refractivity contribution is -0.142. The molecule has 8 nitrogen and oxygen atoms in total. The highest BCUT2D eigenvalue weighted by Crippen LogP contribution is 2.34. The van der Waals surface area contributed by atoms with E-state index in [4.69, 9.17) is 4.74 Å². The Hall–Kier alpha value is -0.500. The van der Waals surface area contributed by atoms with E-state index in [0.717, 1.165) is 32.1 Å². The minimum absolute atomic E-state index is 0.0504. The molecule has 0 aromatic rings. The van der Waals surface area contributed by atoms with Crippen molar-refractivity contribution < 1.29 is 34.1 Å². The van der Waals surface area contributed by atoms with Gasteiger partial charge in [-0.25, -0.2) is 0 Å². The molecule has 2 atom stereocenters. The van der Waals surface area contributed by atoms with Crippen molar-refractivity contribution >= 4 is 13.5 Å². The van der Waals surface area contributed by atoms with Crippen LogP contribution in [0.2, 0.25) is 0 Å². The first-order valence-corrected chi connectivity index (χ1v) is 34.3. The van der Waals surface area contributed by atoms with Crippen LogP contribution in [0.3, 0.4) is 0 Å². The Morgan fingerprint density at radius 1 is 0.389 bits per heavy atom. The SMILES string of the molecule is CCCCCCCCCCCCCCCCCCCCCCCCCCCCCCCCCOCC(O)CN(CCP(=O)(O)O)C(=O)C(O)CCCCCCCCCCCCCCCCCCCCCCC. The summed E-state index contributed by atoms with van der Waals surface area (Å²) in [7, 11) is -4.35. The number of carbonyl (C=O) groups excluding carboxylic acids is 1. The number of aliphatic hydroxyl groups is 2. The molecule has 0 saturated heterocycles. The topological polar surface area (TPSA) is 128 Å². The largest absolute Gasteiger partial charge is 0.389 e. The van der Waals surface area contributed by atoms with E-state index >= 15 is 0 Å². The molecule has 432 valence electrons. The van der Waals surface area contributed by atoms with Crippen LogP contribution in [-0.2, 0) is 14.1 Å². The lowest BCUT2D eigenvalue weighted by atomic mass is 10.0. The van der Waals surface area contributed by atoms with Gasteiger partial charge in [-0.15, -0.1) is 0 Å². The van der Waals surface area contributed by atoms with Gasteiger partial charge in [0.25, 0.3) is 5.91 Å². The number of hydrogen-bond acceptors (Lipinski definition) is 5. The molecule has 0 fully saturated rings. The Morgan fingerprint density at radius 3 is 0.875 bits per heavy atom. The fourth-order valence-corrected chi connectivity index (χ4v) is 11.1. The van der Waals surface area contributed by atoms with Gasteiger partial charge in [0.2, 0.25) is 0 Å². The second kappa shape index (κ2) is 58.2. The van der Waals surface area contributed by atoms with Crippen LogP contribution >= 0.6 is 7.60 Å². The van der Waals surface area contributed by atoms with Gasteiger partial charge in [-0.3, -0.25) is 9.36 Å². The molecule has 2 unspecified atom stereocenters. The van der Waals surface area contributed by atoms with Gasteiger partial charge < -0.3 is 29.6 Å². The zero-order valence-electron chi connectivity index (χ0n) is 48.6. The summed E-state index contributed by atoms with van der Waals surface area (Å²) in [5, 5.41) is 21.3. The van der Waals surface area contributed by atoms with Crippen LogP contribution < -0.4 is 0 Å². The third kappa shape index (κ3) is 57.2. The molecule has 0 aromatic heterocycles. The summed E-state index contributed by atoms with van der Waals surface area (Å²) < 4.78 is 17.3. The molecule has 0 aliphatic rings. The van der Waals surface area contributed by atoms with Crippen LogP contribution in [0.5, 0.6) is 0 Å². The zero-order valence-corrected chi connectivity index (χ0v) is 49.5. The second-order valence-corrected chi connectivity index (χ2v) is 24.7. The molecule has 0 spiro atoms. The van der Waals surface area contributed by atoms with Crippen molar-refractivity contribution in [2.75, 3.05) is 32.5 Å². The van der Waals surface area contributed by atoms with E-state index in [2.05, 4.69) is 13.8 Å². The molecule has 0 aliphatic heterocycles. The van der Waals surface area contributed by atoms with E-state index in [0.29, 0.717) is 13.0 Å². The van der Waals surface area contributed by atoms with E-state index in [1.165, 1.54) is 307 Å². The molecule has 1 amide bonds. The van der Waals surface area contributed by atoms with Crippen molar-refractivity contribution in [2.24, 2.45) is 0 Å². The van der Waals surface area contributed by atoms with Gasteiger partial charge in [-0.05, 0) is 12.8 Å². The molecular weight excluding hydrogens is 914 g/mol. The maximum absolute atomic E-state index is 13.1. The number of amides is 1. The average molecular weight is 1040 g/mol. The van der Waals surface area contributed by atoms with E-state index in [1.807, 2.05) is 0 Å². The highest BCUT2D eigenvalue weighted by molar-refractivity contribution is 7.51. The lowest BCUT2D eigenvalue weighted by Gasteiger charge is -2.27. The van der Waals surface area contributed by atoms with Gasteiger partial charge in [-0.1, -0.05) is 341 Å². The van der Waals surface area contributed by atoms with Crippen molar-refractivity contribution in [1.82, 2.24) is 4.90 Å². The van der Waals surface area contributed by atoms with Crippen molar-refractivity contribution in [2.45, 2.75) is 366 Å². The first-order valence-electron chi connectivity index (χ1n) is 32.5. The molecule has 0 saturated carbocycles. The summed E-state index contributed by atoms with van der Waals surface area (Å²) >= 11 is 0. The van der Waals surface area contributed by atoms with Crippen molar-refractivity contribution in [3.05, 3.63) is 0 Å². The van der Waals surface area contributed by atoms with E-state index in [9.17, 15) is 29.4 Å². The normalized spacial score (nSPS) is 12.8. The molecule has 0 rings (SSSR count). The smallest absolute Gasteiger partial charge is 0.327 e. The van der Waals surface area contributed by atoms with Crippen LogP contribution in [0.25, 0.3) is 0 Å². The van der Waals surface area contributed by atoms with Crippen LogP contribution in [-0.4, -0.2) is 75.5 Å². The summed E-state index contributed by atoms with van der Waals surface area (Å²) in [6.07, 6.45) is 67.8. The Labute approximate surface area is 449 Å². The van der Waals surface area contributed by atoms with E-state index in [-0.39, 0.29) is 19.7 Å². The van der Waals surface area contributed by atoms with Gasteiger partial charge in [0.1, 0.15) is 6.10 Å². The summed E-state index contributed by atoms with van der Waals surface area (Å²) in [5.74, 6) is -0.572.